The number of hydrogen-bond donors (Lipinski definition) is 6. The van der Waals surface area contributed by atoms with Crippen LogP contribution in [-0.2, 0) is 38.1 Å². The van der Waals surface area contributed by atoms with Crippen LogP contribution in [-0.4, -0.2) is 110 Å². The van der Waals surface area contributed by atoms with Gasteiger partial charge in [-0.3, -0.25) is 9.59 Å². The summed E-state index contributed by atoms with van der Waals surface area (Å²) in [5.41, 5.74) is -1.30. The third-order valence-electron chi connectivity index (χ3n) is 17.7. The van der Waals surface area contributed by atoms with E-state index in [4.69, 9.17) is 18.9 Å². The molecular formula is C44H66O14. The first kappa shape index (κ1) is 43.6. The molecule has 6 N–H and O–H groups in total. The van der Waals surface area contributed by atoms with Crippen molar-refractivity contribution in [3.05, 3.63) is 11.6 Å². The molecule has 0 aromatic heterocycles. The lowest BCUT2D eigenvalue weighted by atomic mass is 9.32. The van der Waals surface area contributed by atoms with Crippen molar-refractivity contribution in [3.8, 4) is 0 Å². The number of carboxylic acids is 3. The summed E-state index contributed by atoms with van der Waals surface area (Å²) in [7, 11) is 0. The minimum Gasteiger partial charge on any atom is -0.481 e. The van der Waals surface area contributed by atoms with Crippen molar-refractivity contribution in [1.29, 1.82) is 0 Å². The van der Waals surface area contributed by atoms with Gasteiger partial charge in [-0.25, -0.2) is 9.59 Å². The molecule has 14 heteroatoms. The number of aliphatic hydroxyl groups excluding tert-OH is 3. The predicted octanol–water partition coefficient (Wildman–Crippen LogP) is 5.08. The quantitative estimate of drug-likeness (QED) is 0.167. The molecular weight excluding hydrogens is 752 g/mol. The Morgan fingerprint density at radius 2 is 1.47 bits per heavy atom. The number of rotatable bonds is 9. The van der Waals surface area contributed by atoms with Gasteiger partial charge in [-0.1, -0.05) is 47.1 Å². The monoisotopic (exact) mass is 818 g/mol. The van der Waals surface area contributed by atoms with Crippen LogP contribution in [0.2, 0.25) is 0 Å². The summed E-state index contributed by atoms with van der Waals surface area (Å²) in [6.45, 7) is 15.2. The minimum atomic E-state index is -1.69. The van der Waals surface area contributed by atoms with Crippen molar-refractivity contribution < 1.29 is 68.8 Å². The average molecular weight is 819 g/mol. The molecule has 7 rings (SSSR count). The van der Waals surface area contributed by atoms with E-state index in [2.05, 4.69) is 41.5 Å². The molecule has 2 heterocycles. The van der Waals surface area contributed by atoms with Gasteiger partial charge in [0.05, 0.1) is 23.7 Å². The molecule has 17 atom stereocenters. The molecule has 0 unspecified atom stereocenters. The number of carboxylic acid groups (broad SMARTS) is 3. The van der Waals surface area contributed by atoms with Crippen molar-refractivity contribution in [3.63, 3.8) is 0 Å². The highest BCUT2D eigenvalue weighted by molar-refractivity contribution is 5.96. The highest BCUT2D eigenvalue weighted by atomic mass is 16.8. The summed E-state index contributed by atoms with van der Waals surface area (Å²) in [6.07, 6.45) is -2.84. The summed E-state index contributed by atoms with van der Waals surface area (Å²) in [6, 6.07) is 0. The van der Waals surface area contributed by atoms with Crippen LogP contribution in [0.4, 0.5) is 0 Å². The van der Waals surface area contributed by atoms with E-state index in [1.807, 2.05) is 13.0 Å². The average Bonchev–Trinajstić information content (AvgIpc) is 3.15. The number of hydrogen-bond acceptors (Lipinski definition) is 11. The number of allylic oxidation sites excluding steroid dienone is 2. The van der Waals surface area contributed by atoms with Crippen molar-refractivity contribution in [2.24, 2.45) is 50.2 Å². The van der Waals surface area contributed by atoms with Gasteiger partial charge in [0.15, 0.2) is 30.6 Å². The maximum absolute atomic E-state index is 15.1. The van der Waals surface area contributed by atoms with E-state index in [1.54, 1.807) is 0 Å². The lowest BCUT2D eigenvalue weighted by Gasteiger charge is -2.72. The van der Waals surface area contributed by atoms with Gasteiger partial charge in [-0.05, 0) is 123 Å². The lowest BCUT2D eigenvalue weighted by molar-refractivity contribution is -0.352. The van der Waals surface area contributed by atoms with Crippen LogP contribution < -0.4 is 0 Å². The fourth-order valence-electron chi connectivity index (χ4n) is 14.1. The molecule has 4 saturated carbocycles. The predicted molar refractivity (Wildman–Crippen MR) is 206 cm³/mol. The van der Waals surface area contributed by atoms with Crippen LogP contribution in [0.5, 0.6) is 0 Å². The van der Waals surface area contributed by atoms with Crippen LogP contribution in [0.25, 0.3) is 0 Å². The molecule has 2 aliphatic heterocycles. The number of aliphatic carboxylic acids is 3. The normalized spacial score (nSPS) is 50.0. The van der Waals surface area contributed by atoms with Gasteiger partial charge in [0.25, 0.3) is 0 Å². The summed E-state index contributed by atoms with van der Waals surface area (Å²) < 4.78 is 24.1. The second kappa shape index (κ2) is 14.9. The van der Waals surface area contributed by atoms with Gasteiger partial charge in [0.2, 0.25) is 0 Å². The molecule has 14 nitrogen and oxygen atoms in total. The second-order valence-electron chi connectivity index (χ2n) is 20.6. The zero-order valence-corrected chi connectivity index (χ0v) is 35.1. The van der Waals surface area contributed by atoms with E-state index in [-0.39, 0.29) is 58.0 Å². The third kappa shape index (κ3) is 6.44. The van der Waals surface area contributed by atoms with Gasteiger partial charge in [-0.2, -0.15) is 0 Å². The van der Waals surface area contributed by atoms with Crippen LogP contribution in [0.3, 0.4) is 0 Å². The topological polar surface area (TPSA) is 227 Å². The van der Waals surface area contributed by atoms with E-state index in [0.29, 0.717) is 25.7 Å². The molecule has 326 valence electrons. The van der Waals surface area contributed by atoms with Gasteiger partial charge in [0.1, 0.15) is 12.2 Å². The Morgan fingerprint density at radius 3 is 2.09 bits per heavy atom. The van der Waals surface area contributed by atoms with Crippen LogP contribution >= 0.6 is 0 Å². The lowest BCUT2D eigenvalue weighted by Crippen LogP contribution is -2.68. The maximum atomic E-state index is 15.1. The fraction of sp³-hybridized carbons (Fsp3) is 0.864. The van der Waals surface area contributed by atoms with Gasteiger partial charge >= 0.3 is 17.9 Å². The number of fused-ring (bicyclic) bond motifs is 7. The Balaban J connectivity index is 1.20. The molecule has 6 fully saturated rings. The number of carbonyl (C=O) groups is 4. The number of carbonyl (C=O) groups excluding carboxylic acids is 1. The molecule has 0 aromatic carbocycles. The molecule has 7 aliphatic rings. The summed E-state index contributed by atoms with van der Waals surface area (Å²) in [5.74, 6) is -3.61. The molecule has 2 saturated heterocycles. The first-order chi connectivity index (χ1) is 27.0. The summed E-state index contributed by atoms with van der Waals surface area (Å²) >= 11 is 0. The van der Waals surface area contributed by atoms with Crippen molar-refractivity contribution in [2.45, 2.75) is 187 Å². The number of ketones is 1. The Bertz CT molecular complexity index is 1690. The Labute approximate surface area is 341 Å². The molecule has 5 aliphatic carbocycles. The Kier molecular flexibility index (Phi) is 11.2. The van der Waals surface area contributed by atoms with Crippen molar-refractivity contribution >= 4 is 23.7 Å². The van der Waals surface area contributed by atoms with E-state index in [0.717, 1.165) is 44.9 Å². The van der Waals surface area contributed by atoms with Gasteiger partial charge < -0.3 is 49.6 Å². The van der Waals surface area contributed by atoms with Gasteiger partial charge in [0, 0.05) is 18.8 Å². The molecule has 0 radical (unpaired) electrons. The first-order valence-electron chi connectivity index (χ1n) is 21.6. The molecule has 58 heavy (non-hydrogen) atoms. The fourth-order valence-corrected chi connectivity index (χ4v) is 14.1. The zero-order valence-electron chi connectivity index (χ0n) is 35.1. The van der Waals surface area contributed by atoms with Crippen LogP contribution in [0.15, 0.2) is 11.6 Å². The van der Waals surface area contributed by atoms with Crippen LogP contribution in [0, 0.1) is 50.2 Å². The molecule has 0 aromatic rings. The third-order valence-corrected chi connectivity index (χ3v) is 17.7. The van der Waals surface area contributed by atoms with E-state index in [1.165, 1.54) is 5.57 Å². The second-order valence-corrected chi connectivity index (χ2v) is 20.6. The number of aliphatic hydroxyl groups is 3. The Morgan fingerprint density at radius 1 is 0.776 bits per heavy atom. The minimum absolute atomic E-state index is 0.0132. The van der Waals surface area contributed by atoms with E-state index in [9.17, 15) is 45.0 Å². The zero-order chi connectivity index (χ0) is 42.5. The van der Waals surface area contributed by atoms with Crippen molar-refractivity contribution in [2.75, 3.05) is 0 Å². The maximum Gasteiger partial charge on any atom is 0.335 e. The SMILES string of the molecule is CC[C@]12CC[C@H](O[C@H]3O[C@H](C(=O)O)C[C@H](O)[C@H]3O[C@@H]3O[C@H](C(=O)O)[C@@H](O)C[C@H]3O)C(C)(C)[C@@H]1CC[C@]1(CC)[C@@H]2C(=O)C=C2[C@@H]3C[C@@](C)(C(=O)O)CC[C@]3(C)CC[C@]21C. The molecule has 0 bridgehead atoms. The largest absolute Gasteiger partial charge is 0.481 e. The highest BCUT2D eigenvalue weighted by Gasteiger charge is 2.72. The summed E-state index contributed by atoms with van der Waals surface area (Å²) in [4.78, 5) is 51.7. The standard InChI is InChI=1S/C44H66O14/c1-8-43-12-11-30(56-37-32(25(46)20-28(55-37)34(49)50)58-36-27(48)19-24(45)31(57-36)35(51)52)39(3,4)29(43)10-13-44(9-2)33(43)26(47)18-22-23-21-41(6,38(53)54)15-14-40(23,5)16-17-42(22,44)7/h18,23-25,27-33,36-37,45-46,48H,8-17,19-21H2,1-7H3,(H,49,50)(H,51,52)(H,53,54)/t23-,24-,25-,27+,28-,29-,30-,31-,32+,33+,36-,37+,40+,41-,42+,43-,44+/m0/s1. The molecule has 0 spiro atoms. The van der Waals surface area contributed by atoms with E-state index >= 15 is 4.79 Å². The van der Waals surface area contributed by atoms with Crippen molar-refractivity contribution in [1.82, 2.24) is 0 Å². The van der Waals surface area contributed by atoms with Gasteiger partial charge in [-0.15, -0.1) is 0 Å². The number of ether oxygens (including phenoxy) is 4. The first-order valence-corrected chi connectivity index (χ1v) is 21.6. The van der Waals surface area contributed by atoms with E-state index < -0.39 is 84.0 Å². The highest BCUT2D eigenvalue weighted by Crippen LogP contribution is 2.77. The molecule has 0 amide bonds. The summed E-state index contributed by atoms with van der Waals surface area (Å²) in [5, 5.41) is 62.1. The Hall–Kier alpha value is -2.46. The van der Waals surface area contributed by atoms with Crippen LogP contribution in [0.1, 0.15) is 132 Å². The smallest absolute Gasteiger partial charge is 0.335 e.